The van der Waals surface area contributed by atoms with Crippen molar-refractivity contribution in [1.29, 1.82) is 0 Å². The van der Waals surface area contributed by atoms with Gasteiger partial charge in [-0.2, -0.15) is 0 Å². The molecular weight excluding hydrogens is 456 g/mol. The molecule has 3 aromatic rings. The first-order chi connectivity index (χ1) is 15.3. The Bertz CT molecular complexity index is 1260. The second-order valence-electron chi connectivity index (χ2n) is 7.03. The number of hydrogen-bond donors (Lipinski definition) is 1. The van der Waals surface area contributed by atoms with Crippen molar-refractivity contribution in [2.24, 2.45) is 0 Å². The van der Waals surface area contributed by atoms with Crippen molar-refractivity contribution < 1.29 is 23.8 Å². The number of ketones is 1. The van der Waals surface area contributed by atoms with Gasteiger partial charge >= 0.3 is 0 Å². The molecule has 1 aliphatic heterocycles. The highest BCUT2D eigenvalue weighted by Gasteiger charge is 2.47. The van der Waals surface area contributed by atoms with Gasteiger partial charge in [0.2, 0.25) is 0 Å². The summed E-state index contributed by atoms with van der Waals surface area (Å²) in [5, 5.41) is 11.1. The molecule has 1 fully saturated rings. The molecule has 162 valence electrons. The quantitative estimate of drug-likeness (QED) is 0.298. The van der Waals surface area contributed by atoms with Gasteiger partial charge in [-0.15, -0.1) is 0 Å². The number of ether oxygens (including phenoxy) is 1. The van der Waals surface area contributed by atoms with E-state index in [0.717, 1.165) is 6.07 Å². The molecule has 1 saturated heterocycles. The topological polar surface area (TPSA) is 66.8 Å². The summed E-state index contributed by atoms with van der Waals surface area (Å²) in [7, 11) is 1.45. The number of halogens is 3. The first kappa shape index (κ1) is 21.9. The van der Waals surface area contributed by atoms with Crippen molar-refractivity contribution >= 4 is 46.3 Å². The summed E-state index contributed by atoms with van der Waals surface area (Å²) in [5.41, 5.74) is 0.716. The number of hydrogen-bond acceptors (Lipinski definition) is 4. The first-order valence-electron chi connectivity index (χ1n) is 9.48. The van der Waals surface area contributed by atoms with Gasteiger partial charge in [-0.05, 0) is 35.9 Å². The van der Waals surface area contributed by atoms with Gasteiger partial charge in [0.15, 0.2) is 0 Å². The van der Waals surface area contributed by atoms with Crippen LogP contribution in [0.1, 0.15) is 17.2 Å². The molecule has 0 radical (unpaired) electrons. The van der Waals surface area contributed by atoms with Gasteiger partial charge in [0, 0.05) is 11.3 Å². The van der Waals surface area contributed by atoms with Gasteiger partial charge in [-0.3, -0.25) is 14.5 Å². The van der Waals surface area contributed by atoms with E-state index in [9.17, 15) is 19.1 Å². The highest BCUT2D eigenvalue weighted by molar-refractivity contribution is 6.52. The van der Waals surface area contributed by atoms with Gasteiger partial charge in [-0.25, -0.2) is 4.39 Å². The number of aliphatic hydroxyl groups is 1. The predicted molar refractivity (Wildman–Crippen MR) is 121 cm³/mol. The third-order valence-electron chi connectivity index (χ3n) is 5.16. The van der Waals surface area contributed by atoms with Gasteiger partial charge in [0.05, 0.1) is 28.8 Å². The smallest absolute Gasteiger partial charge is 0.300 e. The van der Waals surface area contributed by atoms with Gasteiger partial charge < -0.3 is 9.84 Å². The third-order valence-corrected chi connectivity index (χ3v) is 5.77. The molecule has 3 aromatic carbocycles. The van der Waals surface area contributed by atoms with Crippen LogP contribution >= 0.6 is 23.2 Å². The molecule has 0 saturated carbocycles. The maximum absolute atomic E-state index is 14.3. The minimum atomic E-state index is -1.11. The van der Waals surface area contributed by atoms with Crippen LogP contribution in [0, 0.1) is 5.82 Å². The zero-order valence-electron chi connectivity index (χ0n) is 16.7. The minimum absolute atomic E-state index is 0.110. The summed E-state index contributed by atoms with van der Waals surface area (Å²) < 4.78 is 19.5. The molecule has 1 unspecified atom stereocenters. The Kier molecular flexibility index (Phi) is 5.91. The fourth-order valence-electron chi connectivity index (χ4n) is 3.65. The minimum Gasteiger partial charge on any atom is -0.507 e. The number of anilines is 1. The summed E-state index contributed by atoms with van der Waals surface area (Å²) in [6, 6.07) is 15.8. The van der Waals surface area contributed by atoms with Gasteiger partial charge in [0.25, 0.3) is 11.7 Å². The van der Waals surface area contributed by atoms with Crippen molar-refractivity contribution in [3.63, 3.8) is 0 Å². The van der Waals surface area contributed by atoms with Crippen molar-refractivity contribution in [3.8, 4) is 5.75 Å². The van der Waals surface area contributed by atoms with Crippen LogP contribution < -0.4 is 9.64 Å². The molecule has 0 aliphatic carbocycles. The van der Waals surface area contributed by atoms with Crippen LogP contribution in [0.5, 0.6) is 5.75 Å². The molecule has 1 amide bonds. The Morgan fingerprint density at radius 2 is 1.72 bits per heavy atom. The summed E-state index contributed by atoms with van der Waals surface area (Å²) in [6.07, 6.45) is 0. The second kappa shape index (κ2) is 8.65. The van der Waals surface area contributed by atoms with E-state index in [1.54, 1.807) is 42.5 Å². The Hall–Kier alpha value is -3.35. The van der Waals surface area contributed by atoms with Crippen LogP contribution in [-0.2, 0) is 9.59 Å². The zero-order chi connectivity index (χ0) is 23.0. The number of benzene rings is 3. The lowest BCUT2D eigenvalue weighted by Crippen LogP contribution is -2.29. The van der Waals surface area contributed by atoms with Crippen LogP contribution in [0.3, 0.4) is 0 Å². The maximum Gasteiger partial charge on any atom is 0.300 e. The van der Waals surface area contributed by atoms with Crippen LogP contribution in [0.2, 0.25) is 10.0 Å². The maximum atomic E-state index is 14.3. The molecule has 1 N–H and O–H groups in total. The molecule has 4 rings (SSSR count). The largest absolute Gasteiger partial charge is 0.507 e. The predicted octanol–water partition coefficient (Wildman–Crippen LogP) is 5.77. The Labute approximate surface area is 193 Å². The summed E-state index contributed by atoms with van der Waals surface area (Å²) in [6.45, 7) is 0. The van der Waals surface area contributed by atoms with E-state index >= 15 is 0 Å². The van der Waals surface area contributed by atoms with Crippen LogP contribution in [0.4, 0.5) is 10.1 Å². The van der Waals surface area contributed by atoms with E-state index in [4.69, 9.17) is 27.9 Å². The summed E-state index contributed by atoms with van der Waals surface area (Å²) in [4.78, 5) is 27.3. The van der Waals surface area contributed by atoms with Crippen molar-refractivity contribution in [1.82, 2.24) is 0 Å². The number of Topliss-reactive ketones (excluding diaryl/α,β-unsaturated/α-hetero) is 1. The van der Waals surface area contributed by atoms with Crippen LogP contribution in [-0.4, -0.2) is 23.9 Å². The Balaban J connectivity index is 1.96. The molecule has 32 heavy (non-hydrogen) atoms. The first-order valence-corrected chi connectivity index (χ1v) is 10.2. The van der Waals surface area contributed by atoms with Crippen molar-refractivity contribution in [2.45, 2.75) is 6.04 Å². The second-order valence-corrected chi connectivity index (χ2v) is 7.84. The molecular formula is C24H16Cl2FNO4. The standard InChI is InChI=1S/C24H16Cl2FNO4/c1-32-19-10-8-15(12-17(19)26)28-21(14-7-9-16(25)18(27)11-14)20(23(30)24(28)31)22(29)13-5-3-2-4-6-13/h2-12,21,29H,1H3. The number of carbonyl (C=O) groups excluding carboxylic acids is 2. The Morgan fingerprint density at radius 3 is 2.34 bits per heavy atom. The molecule has 0 spiro atoms. The Morgan fingerprint density at radius 1 is 1.00 bits per heavy atom. The monoisotopic (exact) mass is 471 g/mol. The number of nitrogens with zero attached hydrogens (tertiary/aromatic N) is 1. The molecule has 0 bridgehead atoms. The normalized spacial score (nSPS) is 17.6. The number of amides is 1. The highest BCUT2D eigenvalue weighted by atomic mass is 35.5. The third kappa shape index (κ3) is 3.72. The van der Waals surface area contributed by atoms with Crippen molar-refractivity contribution in [3.05, 3.63) is 99.3 Å². The molecule has 0 aromatic heterocycles. The lowest BCUT2D eigenvalue weighted by atomic mass is 9.95. The average molecular weight is 472 g/mol. The molecule has 1 heterocycles. The van der Waals surface area contributed by atoms with E-state index in [1.807, 2.05) is 0 Å². The van der Waals surface area contributed by atoms with Crippen LogP contribution in [0.25, 0.3) is 5.76 Å². The fraction of sp³-hybridized carbons (Fsp3) is 0.0833. The molecule has 8 heteroatoms. The van der Waals surface area contributed by atoms with Crippen LogP contribution in [0.15, 0.2) is 72.3 Å². The SMILES string of the molecule is COc1ccc(N2C(=O)C(=O)C(=C(O)c3ccccc3)C2c2ccc(Cl)c(F)c2)cc1Cl. The highest BCUT2D eigenvalue weighted by Crippen LogP contribution is 2.44. The summed E-state index contributed by atoms with van der Waals surface area (Å²) >= 11 is 12.1. The number of carbonyl (C=O) groups is 2. The number of methoxy groups -OCH3 is 1. The van der Waals surface area contributed by atoms with E-state index in [0.29, 0.717) is 11.3 Å². The average Bonchev–Trinajstić information content (AvgIpc) is 3.06. The summed E-state index contributed by atoms with van der Waals surface area (Å²) in [5.74, 6) is -2.50. The van der Waals surface area contributed by atoms with E-state index < -0.39 is 23.5 Å². The fourth-order valence-corrected chi connectivity index (χ4v) is 4.02. The van der Waals surface area contributed by atoms with Gasteiger partial charge in [0.1, 0.15) is 17.3 Å². The molecule has 1 aliphatic rings. The lowest BCUT2D eigenvalue weighted by molar-refractivity contribution is -0.132. The molecule has 1 atom stereocenters. The zero-order valence-corrected chi connectivity index (χ0v) is 18.2. The number of aliphatic hydroxyl groups excluding tert-OH is 1. The van der Waals surface area contributed by atoms with E-state index in [1.165, 1.54) is 30.2 Å². The number of rotatable bonds is 4. The van der Waals surface area contributed by atoms with E-state index in [2.05, 4.69) is 0 Å². The van der Waals surface area contributed by atoms with Crippen molar-refractivity contribution in [2.75, 3.05) is 12.0 Å². The van der Waals surface area contributed by atoms with Gasteiger partial charge in [-0.1, -0.05) is 59.6 Å². The van der Waals surface area contributed by atoms with E-state index in [-0.39, 0.29) is 32.6 Å². The lowest BCUT2D eigenvalue weighted by Gasteiger charge is -2.26. The molecule has 5 nitrogen and oxygen atoms in total.